The van der Waals surface area contributed by atoms with E-state index < -0.39 is 0 Å². The third-order valence-electron chi connectivity index (χ3n) is 3.30. The number of nitrogens with zero attached hydrogens (tertiary/aromatic N) is 1. The molecule has 3 nitrogen and oxygen atoms in total. The molecule has 1 atom stereocenters. The number of nitriles is 1. The van der Waals surface area contributed by atoms with Crippen LogP contribution in [-0.2, 0) is 6.54 Å². The summed E-state index contributed by atoms with van der Waals surface area (Å²) in [4.78, 5) is 0. The first-order chi connectivity index (χ1) is 9.74. The molecule has 0 fully saturated rings. The van der Waals surface area contributed by atoms with Gasteiger partial charge in [0.2, 0.25) is 0 Å². The maximum absolute atomic E-state index is 8.96. The zero-order valence-corrected chi connectivity index (χ0v) is 11.8. The highest BCUT2D eigenvalue weighted by Gasteiger charge is 2.06. The van der Waals surface area contributed by atoms with E-state index in [4.69, 9.17) is 10.00 Å². The molecule has 0 saturated heterocycles. The molecule has 0 aliphatic rings. The minimum Gasteiger partial charge on any atom is -0.495 e. The quantitative estimate of drug-likeness (QED) is 0.902. The van der Waals surface area contributed by atoms with E-state index in [1.165, 1.54) is 5.56 Å². The normalized spacial score (nSPS) is 11.7. The molecule has 3 heteroatoms. The van der Waals surface area contributed by atoms with E-state index in [2.05, 4.69) is 30.4 Å². The van der Waals surface area contributed by atoms with Crippen LogP contribution in [0.2, 0.25) is 0 Å². The minimum atomic E-state index is 0.276. The Kier molecular flexibility index (Phi) is 4.75. The van der Waals surface area contributed by atoms with Gasteiger partial charge in [0.05, 0.1) is 12.7 Å². The second kappa shape index (κ2) is 6.74. The van der Waals surface area contributed by atoms with Gasteiger partial charge in [-0.1, -0.05) is 36.4 Å². The van der Waals surface area contributed by atoms with Gasteiger partial charge in [-0.2, -0.15) is 5.26 Å². The molecule has 0 aromatic heterocycles. The Morgan fingerprint density at radius 2 is 1.95 bits per heavy atom. The van der Waals surface area contributed by atoms with Crippen LogP contribution in [0.1, 0.15) is 29.7 Å². The summed E-state index contributed by atoms with van der Waals surface area (Å²) in [7, 11) is 1.58. The van der Waals surface area contributed by atoms with Gasteiger partial charge in [0.25, 0.3) is 0 Å². The predicted molar refractivity (Wildman–Crippen MR) is 79.4 cm³/mol. The molecule has 0 spiro atoms. The van der Waals surface area contributed by atoms with Crippen molar-refractivity contribution in [1.82, 2.24) is 5.32 Å². The van der Waals surface area contributed by atoms with Crippen molar-refractivity contribution in [1.29, 1.82) is 5.26 Å². The lowest BCUT2D eigenvalue weighted by molar-refractivity contribution is 0.412. The number of hydrogen-bond acceptors (Lipinski definition) is 3. The first kappa shape index (κ1) is 14.1. The highest BCUT2D eigenvalue weighted by Crippen LogP contribution is 2.20. The van der Waals surface area contributed by atoms with Crippen LogP contribution in [0.3, 0.4) is 0 Å². The summed E-state index contributed by atoms with van der Waals surface area (Å²) in [5.74, 6) is 0.624. The van der Waals surface area contributed by atoms with Gasteiger partial charge in [0.15, 0.2) is 0 Å². The van der Waals surface area contributed by atoms with Crippen LogP contribution in [0, 0.1) is 11.3 Å². The van der Waals surface area contributed by atoms with Crippen LogP contribution >= 0.6 is 0 Å². The zero-order valence-electron chi connectivity index (χ0n) is 11.8. The fraction of sp³-hybridized carbons (Fsp3) is 0.235. The Bertz CT molecular complexity index is 602. The standard InChI is InChI=1S/C17H18N2O/c1-13(15-6-4-3-5-7-15)19-12-14-8-9-16(11-18)17(10-14)20-2/h3-10,13,19H,12H2,1-2H3/t13-/m0/s1. The summed E-state index contributed by atoms with van der Waals surface area (Å²) in [6.45, 7) is 2.87. The second-order valence-electron chi connectivity index (χ2n) is 4.66. The third-order valence-corrected chi connectivity index (χ3v) is 3.30. The predicted octanol–water partition coefficient (Wildman–Crippen LogP) is 3.42. The van der Waals surface area contributed by atoms with Crippen LogP contribution in [0.25, 0.3) is 0 Å². The van der Waals surface area contributed by atoms with Crippen LogP contribution in [0.5, 0.6) is 5.75 Å². The Morgan fingerprint density at radius 3 is 2.60 bits per heavy atom. The second-order valence-corrected chi connectivity index (χ2v) is 4.66. The molecule has 0 heterocycles. The molecule has 0 bridgehead atoms. The largest absolute Gasteiger partial charge is 0.495 e. The number of nitrogens with one attached hydrogen (secondary N) is 1. The van der Waals surface area contributed by atoms with Gasteiger partial charge in [0, 0.05) is 12.6 Å². The summed E-state index contributed by atoms with van der Waals surface area (Å²) in [5.41, 5.74) is 2.92. The maximum Gasteiger partial charge on any atom is 0.136 e. The van der Waals surface area contributed by atoms with Gasteiger partial charge < -0.3 is 10.1 Å². The van der Waals surface area contributed by atoms with E-state index in [1.54, 1.807) is 13.2 Å². The van der Waals surface area contributed by atoms with Gasteiger partial charge in [-0.25, -0.2) is 0 Å². The lowest BCUT2D eigenvalue weighted by Gasteiger charge is -2.14. The Balaban J connectivity index is 2.03. The van der Waals surface area contributed by atoms with Gasteiger partial charge >= 0.3 is 0 Å². The summed E-state index contributed by atoms with van der Waals surface area (Å²) in [5, 5.41) is 12.4. The molecular formula is C17H18N2O. The molecule has 2 aromatic rings. The van der Waals surface area contributed by atoms with Crippen LogP contribution < -0.4 is 10.1 Å². The van der Waals surface area contributed by atoms with Crippen LogP contribution in [0.15, 0.2) is 48.5 Å². The van der Waals surface area contributed by atoms with E-state index in [0.717, 1.165) is 12.1 Å². The van der Waals surface area contributed by atoms with Crippen molar-refractivity contribution in [3.8, 4) is 11.8 Å². The van der Waals surface area contributed by atoms with Crippen molar-refractivity contribution < 1.29 is 4.74 Å². The monoisotopic (exact) mass is 266 g/mol. The lowest BCUT2D eigenvalue weighted by atomic mass is 10.1. The average Bonchev–Trinajstić information content (AvgIpc) is 2.53. The number of methoxy groups -OCH3 is 1. The first-order valence-electron chi connectivity index (χ1n) is 6.60. The van der Waals surface area contributed by atoms with E-state index in [1.807, 2.05) is 30.3 Å². The van der Waals surface area contributed by atoms with Crippen molar-refractivity contribution in [3.63, 3.8) is 0 Å². The molecule has 0 unspecified atom stereocenters. The Hall–Kier alpha value is -2.31. The number of rotatable bonds is 5. The summed E-state index contributed by atoms with van der Waals surface area (Å²) in [6, 6.07) is 18.4. The molecular weight excluding hydrogens is 248 g/mol. The number of ether oxygens (including phenoxy) is 1. The van der Waals surface area contributed by atoms with Crippen molar-refractivity contribution in [3.05, 3.63) is 65.2 Å². The molecule has 1 N–H and O–H groups in total. The van der Waals surface area contributed by atoms with Crippen LogP contribution in [0.4, 0.5) is 0 Å². The maximum atomic E-state index is 8.96. The molecule has 0 radical (unpaired) electrons. The molecule has 0 amide bonds. The number of hydrogen-bond donors (Lipinski definition) is 1. The van der Waals surface area contributed by atoms with E-state index in [9.17, 15) is 0 Å². The summed E-state index contributed by atoms with van der Waals surface area (Å²) < 4.78 is 5.22. The smallest absolute Gasteiger partial charge is 0.136 e. The van der Waals surface area contributed by atoms with Gasteiger partial charge in [0.1, 0.15) is 11.8 Å². The highest BCUT2D eigenvalue weighted by atomic mass is 16.5. The topological polar surface area (TPSA) is 45.0 Å². The SMILES string of the molecule is COc1cc(CN[C@@H](C)c2ccccc2)ccc1C#N. The number of benzene rings is 2. The van der Waals surface area contributed by atoms with Gasteiger partial charge in [-0.05, 0) is 30.2 Å². The zero-order chi connectivity index (χ0) is 14.4. The molecule has 2 aromatic carbocycles. The lowest BCUT2D eigenvalue weighted by Crippen LogP contribution is -2.18. The van der Waals surface area contributed by atoms with Gasteiger partial charge in [-0.3, -0.25) is 0 Å². The van der Waals surface area contributed by atoms with Crippen LogP contribution in [-0.4, -0.2) is 7.11 Å². The fourth-order valence-corrected chi connectivity index (χ4v) is 2.07. The molecule has 0 saturated carbocycles. The summed E-state index contributed by atoms with van der Waals surface area (Å²) >= 11 is 0. The molecule has 0 aliphatic carbocycles. The van der Waals surface area contributed by atoms with E-state index >= 15 is 0 Å². The Morgan fingerprint density at radius 1 is 1.20 bits per heavy atom. The molecule has 102 valence electrons. The summed E-state index contributed by atoms with van der Waals surface area (Å²) in [6.07, 6.45) is 0. The minimum absolute atomic E-state index is 0.276. The first-order valence-corrected chi connectivity index (χ1v) is 6.60. The Labute approximate surface area is 119 Å². The molecule has 20 heavy (non-hydrogen) atoms. The fourth-order valence-electron chi connectivity index (χ4n) is 2.07. The highest BCUT2D eigenvalue weighted by molar-refractivity contribution is 5.45. The third kappa shape index (κ3) is 3.37. The van der Waals surface area contributed by atoms with E-state index in [-0.39, 0.29) is 6.04 Å². The van der Waals surface area contributed by atoms with Crippen molar-refractivity contribution in [2.45, 2.75) is 19.5 Å². The van der Waals surface area contributed by atoms with E-state index in [0.29, 0.717) is 11.3 Å². The molecule has 0 aliphatic heterocycles. The van der Waals surface area contributed by atoms with Crippen molar-refractivity contribution in [2.24, 2.45) is 0 Å². The van der Waals surface area contributed by atoms with Crippen molar-refractivity contribution in [2.75, 3.05) is 7.11 Å². The van der Waals surface area contributed by atoms with Crippen molar-refractivity contribution >= 4 is 0 Å². The molecule has 2 rings (SSSR count). The average molecular weight is 266 g/mol. The van der Waals surface area contributed by atoms with Gasteiger partial charge in [-0.15, -0.1) is 0 Å².